The number of Topliss-reactive ketones (excluding diaryl/α,β-unsaturated/α-hetero) is 2. The number of esters is 2. The van der Waals surface area contributed by atoms with E-state index in [4.69, 9.17) is 9.47 Å². The highest BCUT2D eigenvalue weighted by Gasteiger charge is 2.23. The molecule has 29 heavy (non-hydrogen) atoms. The maximum atomic E-state index is 12.5. The van der Waals surface area contributed by atoms with Crippen LogP contribution in [-0.4, -0.2) is 41.7 Å². The Hall–Kier alpha value is -3.22. The zero-order chi connectivity index (χ0) is 21.6. The predicted molar refractivity (Wildman–Crippen MR) is 106 cm³/mol. The first-order chi connectivity index (χ1) is 13.7. The van der Waals surface area contributed by atoms with E-state index in [9.17, 15) is 19.2 Å². The molecule has 2 aromatic rings. The summed E-state index contributed by atoms with van der Waals surface area (Å²) in [6, 6.07) is 7.09. The van der Waals surface area contributed by atoms with Crippen LogP contribution >= 0.6 is 0 Å². The van der Waals surface area contributed by atoms with Crippen molar-refractivity contribution in [1.29, 1.82) is 0 Å². The molecule has 0 saturated carbocycles. The van der Waals surface area contributed by atoms with E-state index in [1.165, 1.54) is 0 Å². The molecule has 154 valence electrons. The minimum Gasteiger partial charge on any atom is -0.461 e. The zero-order valence-electron chi connectivity index (χ0n) is 17.1. The molecule has 0 amide bonds. The van der Waals surface area contributed by atoms with Gasteiger partial charge in [-0.25, -0.2) is 4.79 Å². The number of ketones is 2. The van der Waals surface area contributed by atoms with Crippen molar-refractivity contribution in [3.63, 3.8) is 0 Å². The SMILES string of the molecule is CCOC(=O)c1[nH]c(C)c(C(=O)COC(=O)CCC(=O)c2ccc(C)cc2)c1C. The van der Waals surface area contributed by atoms with Gasteiger partial charge in [0.1, 0.15) is 5.69 Å². The fourth-order valence-corrected chi connectivity index (χ4v) is 2.97. The van der Waals surface area contributed by atoms with Crippen LogP contribution in [0, 0.1) is 20.8 Å². The highest BCUT2D eigenvalue weighted by Crippen LogP contribution is 2.19. The standard InChI is InChI=1S/C22H25NO6/c1-5-28-22(27)21-14(3)20(15(4)23-21)18(25)12-29-19(26)11-10-17(24)16-8-6-13(2)7-9-16/h6-9,23H,5,10-12H2,1-4H3. The Morgan fingerprint density at radius 3 is 2.17 bits per heavy atom. The maximum Gasteiger partial charge on any atom is 0.355 e. The number of aromatic nitrogens is 1. The molecule has 2 rings (SSSR count). The number of carbonyl (C=O) groups excluding carboxylic acids is 4. The second-order valence-electron chi connectivity index (χ2n) is 6.72. The molecule has 1 aromatic heterocycles. The van der Waals surface area contributed by atoms with E-state index >= 15 is 0 Å². The molecule has 0 aliphatic heterocycles. The number of rotatable bonds is 9. The van der Waals surface area contributed by atoms with Crippen LogP contribution in [0.3, 0.4) is 0 Å². The van der Waals surface area contributed by atoms with Crippen LogP contribution in [-0.2, 0) is 14.3 Å². The number of nitrogens with one attached hydrogen (secondary N) is 1. The van der Waals surface area contributed by atoms with E-state index in [0.717, 1.165) is 5.56 Å². The van der Waals surface area contributed by atoms with Crippen LogP contribution in [0.4, 0.5) is 0 Å². The molecule has 0 saturated heterocycles. The van der Waals surface area contributed by atoms with Crippen LogP contribution in [0.1, 0.15) is 67.8 Å². The number of H-pyrrole nitrogens is 1. The minimum absolute atomic E-state index is 0.00526. The normalized spacial score (nSPS) is 10.5. The minimum atomic E-state index is -0.629. The van der Waals surface area contributed by atoms with Crippen molar-refractivity contribution < 1.29 is 28.7 Å². The molecule has 1 aromatic carbocycles. The second-order valence-corrected chi connectivity index (χ2v) is 6.72. The first-order valence-corrected chi connectivity index (χ1v) is 9.39. The van der Waals surface area contributed by atoms with Gasteiger partial charge in [0.2, 0.25) is 5.78 Å². The third-order valence-corrected chi connectivity index (χ3v) is 4.49. The molecule has 0 spiro atoms. The largest absolute Gasteiger partial charge is 0.461 e. The van der Waals surface area contributed by atoms with Crippen LogP contribution in [0.2, 0.25) is 0 Å². The highest BCUT2D eigenvalue weighted by molar-refractivity contribution is 6.03. The lowest BCUT2D eigenvalue weighted by Gasteiger charge is -2.06. The summed E-state index contributed by atoms with van der Waals surface area (Å²) < 4.78 is 9.97. The quantitative estimate of drug-likeness (QED) is 0.511. The van der Waals surface area contributed by atoms with Gasteiger partial charge in [-0.1, -0.05) is 29.8 Å². The molecular weight excluding hydrogens is 374 g/mol. The first-order valence-electron chi connectivity index (χ1n) is 9.39. The fraction of sp³-hybridized carbons (Fsp3) is 0.364. The molecule has 0 fully saturated rings. The molecule has 7 nitrogen and oxygen atoms in total. The lowest BCUT2D eigenvalue weighted by Crippen LogP contribution is -2.16. The molecule has 0 aliphatic carbocycles. The monoisotopic (exact) mass is 399 g/mol. The van der Waals surface area contributed by atoms with Crippen molar-refractivity contribution in [2.24, 2.45) is 0 Å². The van der Waals surface area contributed by atoms with E-state index in [2.05, 4.69) is 4.98 Å². The van der Waals surface area contributed by atoms with E-state index in [1.807, 2.05) is 19.1 Å². The van der Waals surface area contributed by atoms with Gasteiger partial charge in [-0.3, -0.25) is 14.4 Å². The van der Waals surface area contributed by atoms with Gasteiger partial charge in [0, 0.05) is 23.2 Å². The summed E-state index contributed by atoms with van der Waals surface area (Å²) in [5.74, 6) is -1.76. The third-order valence-electron chi connectivity index (χ3n) is 4.49. The molecule has 1 N–H and O–H groups in total. The number of aromatic amines is 1. The van der Waals surface area contributed by atoms with Gasteiger partial charge < -0.3 is 14.5 Å². The van der Waals surface area contributed by atoms with Gasteiger partial charge in [0.15, 0.2) is 12.4 Å². The lowest BCUT2D eigenvalue weighted by atomic mass is 10.1. The van der Waals surface area contributed by atoms with E-state index in [0.29, 0.717) is 22.4 Å². The van der Waals surface area contributed by atoms with Crippen molar-refractivity contribution in [1.82, 2.24) is 4.98 Å². The van der Waals surface area contributed by atoms with E-state index in [-0.39, 0.29) is 30.9 Å². The summed E-state index contributed by atoms with van der Waals surface area (Å²) in [5, 5.41) is 0. The van der Waals surface area contributed by atoms with Crippen molar-refractivity contribution in [3.8, 4) is 0 Å². The maximum absolute atomic E-state index is 12.5. The van der Waals surface area contributed by atoms with E-state index in [1.54, 1.807) is 32.9 Å². The second kappa shape index (κ2) is 9.82. The number of hydrogen-bond donors (Lipinski definition) is 1. The van der Waals surface area contributed by atoms with Crippen LogP contribution in [0.25, 0.3) is 0 Å². The van der Waals surface area contributed by atoms with Gasteiger partial charge in [0.05, 0.1) is 13.0 Å². The summed E-state index contributed by atoms with van der Waals surface area (Å²) in [7, 11) is 0. The average molecular weight is 399 g/mol. The summed E-state index contributed by atoms with van der Waals surface area (Å²) in [4.78, 5) is 51.3. The Kier molecular flexibility index (Phi) is 7.47. The fourth-order valence-electron chi connectivity index (χ4n) is 2.97. The first kappa shape index (κ1) is 22.1. The topological polar surface area (TPSA) is 103 Å². The number of hydrogen-bond acceptors (Lipinski definition) is 6. The smallest absolute Gasteiger partial charge is 0.355 e. The zero-order valence-corrected chi connectivity index (χ0v) is 17.1. The van der Waals surface area contributed by atoms with Crippen LogP contribution in [0.5, 0.6) is 0 Å². The van der Waals surface area contributed by atoms with E-state index < -0.39 is 24.3 Å². The summed E-state index contributed by atoms with van der Waals surface area (Å²) in [6.07, 6.45) is -0.107. The molecule has 0 unspecified atom stereocenters. The van der Waals surface area contributed by atoms with Crippen molar-refractivity contribution in [2.45, 2.75) is 40.5 Å². The molecule has 7 heteroatoms. The lowest BCUT2D eigenvalue weighted by molar-refractivity contribution is -0.142. The summed E-state index contributed by atoms with van der Waals surface area (Å²) in [5.41, 5.74) is 3.04. The third kappa shape index (κ3) is 5.63. The Bertz CT molecular complexity index is 924. The molecule has 1 heterocycles. The molecule has 0 aliphatic rings. The summed E-state index contributed by atoms with van der Waals surface area (Å²) >= 11 is 0. The van der Waals surface area contributed by atoms with Gasteiger partial charge in [-0.2, -0.15) is 0 Å². The number of carbonyl (C=O) groups is 4. The molecular formula is C22H25NO6. The van der Waals surface area contributed by atoms with Crippen LogP contribution in [0.15, 0.2) is 24.3 Å². The van der Waals surface area contributed by atoms with Crippen molar-refractivity contribution in [3.05, 3.63) is 57.9 Å². The van der Waals surface area contributed by atoms with Gasteiger partial charge >= 0.3 is 11.9 Å². The van der Waals surface area contributed by atoms with Gasteiger partial charge in [-0.05, 0) is 33.3 Å². The predicted octanol–water partition coefficient (Wildman–Crippen LogP) is 3.51. The Balaban J connectivity index is 1.90. The Morgan fingerprint density at radius 2 is 1.55 bits per heavy atom. The summed E-state index contributed by atoms with van der Waals surface area (Å²) in [6.45, 7) is 6.67. The van der Waals surface area contributed by atoms with Crippen LogP contribution < -0.4 is 0 Å². The van der Waals surface area contributed by atoms with Gasteiger partial charge in [-0.15, -0.1) is 0 Å². The Morgan fingerprint density at radius 1 is 0.897 bits per heavy atom. The highest BCUT2D eigenvalue weighted by atomic mass is 16.5. The number of ether oxygens (including phenoxy) is 2. The molecule has 0 bridgehead atoms. The van der Waals surface area contributed by atoms with Crippen molar-refractivity contribution in [2.75, 3.05) is 13.2 Å². The van der Waals surface area contributed by atoms with Gasteiger partial charge in [0.25, 0.3) is 0 Å². The van der Waals surface area contributed by atoms with Crippen molar-refractivity contribution >= 4 is 23.5 Å². The molecule has 0 radical (unpaired) electrons. The number of benzene rings is 1. The Labute approximate surface area is 169 Å². The number of aryl methyl sites for hydroxylation is 2. The average Bonchev–Trinajstić information content (AvgIpc) is 2.99. The molecule has 0 atom stereocenters.